The lowest BCUT2D eigenvalue weighted by Gasteiger charge is -2.03. The first-order valence-corrected chi connectivity index (χ1v) is 4.65. The van der Waals surface area contributed by atoms with E-state index in [0.717, 1.165) is 24.2 Å². The standard InChI is InChI=1S/C9H13ClN2O/c1-3-8-11-6-7(4-5-13-2)9(10)12-8/h6H,3-5H2,1-2H3. The molecule has 0 aliphatic carbocycles. The van der Waals surface area contributed by atoms with Crippen molar-refractivity contribution in [1.82, 2.24) is 9.97 Å². The van der Waals surface area contributed by atoms with Crippen LogP contribution in [-0.2, 0) is 17.6 Å². The second-order valence-electron chi connectivity index (χ2n) is 2.70. The van der Waals surface area contributed by atoms with E-state index in [1.54, 1.807) is 13.3 Å². The van der Waals surface area contributed by atoms with Crippen LogP contribution in [0.1, 0.15) is 18.3 Å². The zero-order valence-corrected chi connectivity index (χ0v) is 8.64. The van der Waals surface area contributed by atoms with E-state index in [9.17, 15) is 0 Å². The number of methoxy groups -OCH3 is 1. The highest BCUT2D eigenvalue weighted by molar-refractivity contribution is 6.30. The van der Waals surface area contributed by atoms with Gasteiger partial charge in [-0.05, 0) is 0 Å². The van der Waals surface area contributed by atoms with E-state index in [0.29, 0.717) is 11.8 Å². The molecule has 13 heavy (non-hydrogen) atoms. The molecule has 0 fully saturated rings. The molecule has 0 atom stereocenters. The van der Waals surface area contributed by atoms with E-state index < -0.39 is 0 Å². The number of rotatable bonds is 4. The molecule has 0 aromatic carbocycles. The van der Waals surface area contributed by atoms with Crippen LogP contribution in [0.5, 0.6) is 0 Å². The van der Waals surface area contributed by atoms with Crippen molar-refractivity contribution in [1.29, 1.82) is 0 Å². The van der Waals surface area contributed by atoms with E-state index in [1.807, 2.05) is 6.92 Å². The molecule has 0 saturated carbocycles. The van der Waals surface area contributed by atoms with Gasteiger partial charge in [0, 0.05) is 31.7 Å². The Morgan fingerprint density at radius 3 is 2.85 bits per heavy atom. The molecule has 0 aliphatic heterocycles. The Hall–Kier alpha value is -0.670. The third-order valence-corrected chi connectivity index (χ3v) is 2.08. The normalized spacial score (nSPS) is 10.4. The van der Waals surface area contributed by atoms with Gasteiger partial charge < -0.3 is 4.74 Å². The van der Waals surface area contributed by atoms with Crippen LogP contribution in [-0.4, -0.2) is 23.7 Å². The first kappa shape index (κ1) is 10.4. The minimum atomic E-state index is 0.545. The fraction of sp³-hybridized carbons (Fsp3) is 0.556. The van der Waals surface area contributed by atoms with Gasteiger partial charge in [-0.25, -0.2) is 9.97 Å². The number of hydrogen-bond acceptors (Lipinski definition) is 3. The van der Waals surface area contributed by atoms with Crippen molar-refractivity contribution < 1.29 is 4.74 Å². The van der Waals surface area contributed by atoms with Crippen LogP contribution >= 0.6 is 11.6 Å². The molecule has 3 nitrogen and oxygen atoms in total. The summed E-state index contributed by atoms with van der Waals surface area (Å²) in [5.74, 6) is 0.783. The monoisotopic (exact) mass is 200 g/mol. The average Bonchev–Trinajstić information content (AvgIpc) is 2.16. The van der Waals surface area contributed by atoms with Crippen LogP contribution in [0.25, 0.3) is 0 Å². The minimum absolute atomic E-state index is 0.545. The van der Waals surface area contributed by atoms with Crippen molar-refractivity contribution in [3.8, 4) is 0 Å². The summed E-state index contributed by atoms with van der Waals surface area (Å²) in [5.41, 5.74) is 0.945. The summed E-state index contributed by atoms with van der Waals surface area (Å²) < 4.78 is 4.94. The van der Waals surface area contributed by atoms with Gasteiger partial charge in [-0.3, -0.25) is 0 Å². The largest absolute Gasteiger partial charge is 0.384 e. The molecule has 0 radical (unpaired) electrons. The number of nitrogens with zero attached hydrogens (tertiary/aromatic N) is 2. The highest BCUT2D eigenvalue weighted by Crippen LogP contribution is 2.12. The summed E-state index contributed by atoms with van der Waals surface area (Å²) in [6.45, 7) is 2.65. The van der Waals surface area contributed by atoms with Crippen molar-refractivity contribution in [2.24, 2.45) is 0 Å². The fourth-order valence-corrected chi connectivity index (χ4v) is 1.21. The second-order valence-corrected chi connectivity index (χ2v) is 3.06. The number of aromatic nitrogens is 2. The Morgan fingerprint density at radius 2 is 2.31 bits per heavy atom. The third kappa shape index (κ3) is 2.94. The highest BCUT2D eigenvalue weighted by Gasteiger charge is 2.03. The van der Waals surface area contributed by atoms with Gasteiger partial charge >= 0.3 is 0 Å². The Balaban J connectivity index is 2.73. The topological polar surface area (TPSA) is 35.0 Å². The molecule has 1 rings (SSSR count). The lowest BCUT2D eigenvalue weighted by atomic mass is 10.2. The number of halogens is 1. The summed E-state index contributed by atoms with van der Waals surface area (Å²) in [7, 11) is 1.66. The first-order valence-electron chi connectivity index (χ1n) is 4.27. The fourth-order valence-electron chi connectivity index (χ4n) is 0.970. The lowest BCUT2D eigenvalue weighted by molar-refractivity contribution is 0.202. The molecule has 1 heterocycles. The Bertz CT molecular complexity index is 278. The van der Waals surface area contributed by atoms with Crippen molar-refractivity contribution >= 4 is 11.6 Å². The molecule has 0 N–H and O–H groups in total. The first-order chi connectivity index (χ1) is 6.27. The van der Waals surface area contributed by atoms with Crippen LogP contribution in [0.3, 0.4) is 0 Å². The summed E-state index contributed by atoms with van der Waals surface area (Å²) in [6, 6.07) is 0. The number of hydrogen-bond donors (Lipinski definition) is 0. The van der Waals surface area contributed by atoms with Crippen molar-refractivity contribution in [3.63, 3.8) is 0 Å². The van der Waals surface area contributed by atoms with Crippen LogP contribution in [0.15, 0.2) is 6.20 Å². The molecule has 72 valence electrons. The summed E-state index contributed by atoms with van der Waals surface area (Å²) in [5, 5.41) is 0.545. The zero-order valence-electron chi connectivity index (χ0n) is 7.88. The van der Waals surface area contributed by atoms with Crippen molar-refractivity contribution in [2.45, 2.75) is 19.8 Å². The maximum Gasteiger partial charge on any atom is 0.136 e. The zero-order chi connectivity index (χ0) is 9.68. The molecule has 1 aromatic rings. The lowest BCUT2D eigenvalue weighted by Crippen LogP contribution is -2.00. The minimum Gasteiger partial charge on any atom is -0.384 e. The Kier molecular flexibility index (Phi) is 4.12. The van der Waals surface area contributed by atoms with Gasteiger partial charge in [0.05, 0.1) is 6.61 Å². The maximum atomic E-state index is 5.94. The highest BCUT2D eigenvalue weighted by atomic mass is 35.5. The smallest absolute Gasteiger partial charge is 0.136 e. The molecule has 1 aromatic heterocycles. The predicted octanol–water partition coefficient (Wildman–Crippen LogP) is 1.88. The van der Waals surface area contributed by atoms with Gasteiger partial charge in [-0.2, -0.15) is 0 Å². The van der Waals surface area contributed by atoms with Crippen molar-refractivity contribution in [3.05, 3.63) is 22.7 Å². The maximum absolute atomic E-state index is 5.94. The molecule has 4 heteroatoms. The third-order valence-electron chi connectivity index (χ3n) is 1.75. The molecule has 0 aliphatic rings. The van der Waals surface area contributed by atoms with Crippen LogP contribution in [0.2, 0.25) is 5.15 Å². The number of aryl methyl sites for hydroxylation is 1. The summed E-state index contributed by atoms with van der Waals surface area (Å²) in [6.07, 6.45) is 3.34. The van der Waals surface area contributed by atoms with Crippen LogP contribution in [0, 0.1) is 0 Å². The molecular weight excluding hydrogens is 188 g/mol. The van der Waals surface area contributed by atoms with E-state index in [-0.39, 0.29) is 0 Å². The van der Waals surface area contributed by atoms with Gasteiger partial charge in [0.1, 0.15) is 11.0 Å². The Morgan fingerprint density at radius 1 is 1.54 bits per heavy atom. The van der Waals surface area contributed by atoms with Crippen molar-refractivity contribution in [2.75, 3.05) is 13.7 Å². The van der Waals surface area contributed by atoms with E-state index in [4.69, 9.17) is 16.3 Å². The van der Waals surface area contributed by atoms with E-state index >= 15 is 0 Å². The molecule has 0 amide bonds. The van der Waals surface area contributed by atoms with Crippen LogP contribution < -0.4 is 0 Å². The molecule has 0 saturated heterocycles. The van der Waals surface area contributed by atoms with Gasteiger partial charge in [-0.1, -0.05) is 18.5 Å². The van der Waals surface area contributed by atoms with E-state index in [1.165, 1.54) is 0 Å². The average molecular weight is 201 g/mol. The van der Waals surface area contributed by atoms with Gasteiger partial charge in [0.25, 0.3) is 0 Å². The SMILES string of the molecule is CCc1ncc(CCOC)c(Cl)n1. The molecule has 0 unspecified atom stereocenters. The Labute approximate surface area is 83.1 Å². The summed E-state index contributed by atoms with van der Waals surface area (Å²) >= 11 is 5.94. The van der Waals surface area contributed by atoms with E-state index in [2.05, 4.69) is 9.97 Å². The van der Waals surface area contributed by atoms with Gasteiger partial charge in [-0.15, -0.1) is 0 Å². The second kappa shape index (κ2) is 5.14. The molecule has 0 bridgehead atoms. The van der Waals surface area contributed by atoms with Crippen LogP contribution in [0.4, 0.5) is 0 Å². The van der Waals surface area contributed by atoms with Gasteiger partial charge in [0.2, 0.25) is 0 Å². The molecule has 0 spiro atoms. The molecular formula is C9H13ClN2O. The summed E-state index contributed by atoms with van der Waals surface area (Å²) in [4.78, 5) is 8.30. The van der Waals surface area contributed by atoms with Gasteiger partial charge in [0.15, 0.2) is 0 Å². The predicted molar refractivity (Wildman–Crippen MR) is 52.0 cm³/mol. The quantitative estimate of drug-likeness (QED) is 0.697. The number of ether oxygens (including phenoxy) is 1.